The molecule has 1 aromatic rings. The lowest BCUT2D eigenvalue weighted by Gasteiger charge is -2.31. The largest absolute Gasteiger partial charge is 0.381 e. The highest BCUT2D eigenvalue weighted by Crippen LogP contribution is 2.25. The molecule has 0 aliphatic carbocycles. The van der Waals surface area contributed by atoms with Crippen LogP contribution in [0.4, 0.5) is 0 Å². The van der Waals surface area contributed by atoms with Crippen LogP contribution in [0.2, 0.25) is 0 Å². The maximum atomic E-state index is 11.0. The molecule has 0 radical (unpaired) electrons. The lowest BCUT2D eigenvalue weighted by Crippen LogP contribution is -2.37. The molecule has 0 bridgehead atoms. The number of H-pyrrole nitrogens is 1. The van der Waals surface area contributed by atoms with E-state index in [0.29, 0.717) is 0 Å². The molecular formula is C15H22N2O2. The standard InChI is InChI=1S/C15H22N2O2/c18-15-2-1-12(10-16-15)9-13-3-6-17(11-13)14-4-7-19-8-5-14/h1-2,10,13-14H,3-9,11H2,(H,16,18)/t13-/m0/s1. The number of rotatable bonds is 3. The van der Waals surface area contributed by atoms with Crippen LogP contribution in [-0.4, -0.2) is 42.2 Å². The van der Waals surface area contributed by atoms with Crippen LogP contribution >= 0.6 is 0 Å². The minimum absolute atomic E-state index is 0.0148. The number of hydrogen-bond donors (Lipinski definition) is 1. The number of nitrogens with zero attached hydrogens (tertiary/aromatic N) is 1. The van der Waals surface area contributed by atoms with Crippen molar-refractivity contribution < 1.29 is 4.74 Å². The Labute approximate surface area is 113 Å². The summed E-state index contributed by atoms with van der Waals surface area (Å²) in [4.78, 5) is 16.4. The summed E-state index contributed by atoms with van der Waals surface area (Å²) >= 11 is 0. The van der Waals surface area contributed by atoms with Gasteiger partial charge in [-0.25, -0.2) is 0 Å². The minimum Gasteiger partial charge on any atom is -0.381 e. The topological polar surface area (TPSA) is 45.3 Å². The Morgan fingerprint density at radius 2 is 2.11 bits per heavy atom. The normalized spacial score (nSPS) is 25.8. The van der Waals surface area contributed by atoms with Gasteiger partial charge in [0.15, 0.2) is 0 Å². The summed E-state index contributed by atoms with van der Waals surface area (Å²) in [5.74, 6) is 0.730. The smallest absolute Gasteiger partial charge is 0.247 e. The fourth-order valence-corrected chi connectivity index (χ4v) is 3.31. The van der Waals surface area contributed by atoms with Gasteiger partial charge in [-0.2, -0.15) is 0 Å². The predicted octanol–water partition coefficient (Wildman–Crippen LogP) is 1.42. The van der Waals surface area contributed by atoms with E-state index in [9.17, 15) is 4.79 Å². The number of pyridine rings is 1. The van der Waals surface area contributed by atoms with E-state index in [1.54, 1.807) is 6.07 Å². The van der Waals surface area contributed by atoms with Crippen LogP contribution in [0.15, 0.2) is 23.1 Å². The molecule has 2 fully saturated rings. The van der Waals surface area contributed by atoms with E-state index in [0.717, 1.165) is 31.6 Å². The maximum absolute atomic E-state index is 11.0. The summed E-state index contributed by atoms with van der Waals surface area (Å²) in [7, 11) is 0. The van der Waals surface area contributed by atoms with Gasteiger partial charge in [0.1, 0.15) is 0 Å². The number of nitrogens with one attached hydrogen (secondary N) is 1. The highest BCUT2D eigenvalue weighted by atomic mass is 16.5. The molecule has 2 saturated heterocycles. The molecule has 1 N–H and O–H groups in total. The first-order chi connectivity index (χ1) is 9.31. The molecule has 3 rings (SSSR count). The summed E-state index contributed by atoms with van der Waals surface area (Å²) in [6.07, 6.45) is 6.59. The summed E-state index contributed by atoms with van der Waals surface area (Å²) in [6, 6.07) is 4.31. The van der Waals surface area contributed by atoms with Crippen molar-refractivity contribution in [3.8, 4) is 0 Å². The van der Waals surface area contributed by atoms with E-state index >= 15 is 0 Å². The predicted molar refractivity (Wildman–Crippen MR) is 74.3 cm³/mol. The highest BCUT2D eigenvalue weighted by molar-refractivity contribution is 5.10. The quantitative estimate of drug-likeness (QED) is 0.896. The number of hydrogen-bond acceptors (Lipinski definition) is 3. The zero-order valence-electron chi connectivity index (χ0n) is 11.3. The van der Waals surface area contributed by atoms with Crippen LogP contribution < -0.4 is 5.56 Å². The van der Waals surface area contributed by atoms with Crippen LogP contribution in [0.5, 0.6) is 0 Å². The monoisotopic (exact) mass is 262 g/mol. The van der Waals surface area contributed by atoms with Crippen molar-refractivity contribution in [3.63, 3.8) is 0 Å². The number of aromatic nitrogens is 1. The van der Waals surface area contributed by atoms with Crippen LogP contribution in [-0.2, 0) is 11.2 Å². The molecule has 0 unspecified atom stereocenters. The second-order valence-corrected chi connectivity index (χ2v) is 5.76. The van der Waals surface area contributed by atoms with Gasteiger partial charge in [0, 0.05) is 38.1 Å². The average Bonchev–Trinajstić information content (AvgIpc) is 2.91. The second kappa shape index (κ2) is 5.88. The molecular weight excluding hydrogens is 240 g/mol. The fraction of sp³-hybridized carbons (Fsp3) is 0.667. The zero-order valence-corrected chi connectivity index (χ0v) is 11.3. The van der Waals surface area contributed by atoms with Crippen molar-refractivity contribution in [2.24, 2.45) is 5.92 Å². The van der Waals surface area contributed by atoms with Crippen LogP contribution in [0, 0.1) is 5.92 Å². The summed E-state index contributed by atoms with van der Waals surface area (Å²) in [5, 5.41) is 0. The van der Waals surface area contributed by atoms with E-state index in [-0.39, 0.29) is 5.56 Å². The van der Waals surface area contributed by atoms with Crippen LogP contribution in [0.3, 0.4) is 0 Å². The average molecular weight is 262 g/mol. The molecule has 0 spiro atoms. The highest BCUT2D eigenvalue weighted by Gasteiger charge is 2.29. The van der Waals surface area contributed by atoms with Gasteiger partial charge in [0.2, 0.25) is 5.56 Å². The Morgan fingerprint density at radius 1 is 1.26 bits per heavy atom. The fourth-order valence-electron chi connectivity index (χ4n) is 3.31. The van der Waals surface area contributed by atoms with E-state index in [1.807, 2.05) is 12.3 Å². The van der Waals surface area contributed by atoms with E-state index in [4.69, 9.17) is 4.74 Å². The molecule has 4 heteroatoms. The van der Waals surface area contributed by atoms with Crippen molar-refractivity contribution in [2.75, 3.05) is 26.3 Å². The summed E-state index contributed by atoms with van der Waals surface area (Å²) in [6.45, 7) is 4.26. The van der Waals surface area contributed by atoms with Gasteiger partial charge in [-0.1, -0.05) is 6.07 Å². The van der Waals surface area contributed by atoms with Gasteiger partial charge >= 0.3 is 0 Å². The first-order valence-electron chi connectivity index (χ1n) is 7.30. The van der Waals surface area contributed by atoms with Gasteiger partial charge in [-0.05, 0) is 43.7 Å². The Morgan fingerprint density at radius 3 is 2.84 bits per heavy atom. The van der Waals surface area contributed by atoms with Crippen molar-refractivity contribution in [1.82, 2.24) is 9.88 Å². The van der Waals surface area contributed by atoms with E-state index in [1.165, 1.54) is 37.9 Å². The third kappa shape index (κ3) is 3.25. The van der Waals surface area contributed by atoms with Gasteiger partial charge < -0.3 is 9.72 Å². The Balaban J connectivity index is 1.53. The third-order valence-corrected chi connectivity index (χ3v) is 4.40. The molecule has 1 aromatic heterocycles. The molecule has 1 atom stereocenters. The second-order valence-electron chi connectivity index (χ2n) is 5.76. The molecule has 0 amide bonds. The van der Waals surface area contributed by atoms with Crippen LogP contribution in [0.25, 0.3) is 0 Å². The lowest BCUT2D eigenvalue weighted by atomic mass is 10.00. The minimum atomic E-state index is -0.0148. The van der Waals surface area contributed by atoms with Crippen molar-refractivity contribution in [1.29, 1.82) is 0 Å². The molecule has 0 aromatic carbocycles. The molecule has 2 aliphatic rings. The third-order valence-electron chi connectivity index (χ3n) is 4.40. The molecule has 0 saturated carbocycles. The van der Waals surface area contributed by atoms with Crippen molar-refractivity contribution in [3.05, 3.63) is 34.2 Å². The summed E-state index contributed by atoms with van der Waals surface area (Å²) < 4.78 is 5.43. The molecule has 19 heavy (non-hydrogen) atoms. The molecule has 4 nitrogen and oxygen atoms in total. The van der Waals surface area contributed by atoms with Gasteiger partial charge in [-0.3, -0.25) is 9.69 Å². The number of aromatic amines is 1. The van der Waals surface area contributed by atoms with E-state index < -0.39 is 0 Å². The molecule has 2 aliphatic heterocycles. The maximum Gasteiger partial charge on any atom is 0.247 e. The summed E-state index contributed by atoms with van der Waals surface area (Å²) in [5.41, 5.74) is 1.23. The lowest BCUT2D eigenvalue weighted by molar-refractivity contribution is 0.0411. The van der Waals surface area contributed by atoms with Gasteiger partial charge in [0.05, 0.1) is 0 Å². The Bertz CT molecular complexity index is 445. The first-order valence-corrected chi connectivity index (χ1v) is 7.30. The Kier molecular flexibility index (Phi) is 3.99. The van der Waals surface area contributed by atoms with Crippen molar-refractivity contribution in [2.45, 2.75) is 31.7 Å². The van der Waals surface area contributed by atoms with Gasteiger partial charge in [0.25, 0.3) is 0 Å². The zero-order chi connectivity index (χ0) is 13.1. The van der Waals surface area contributed by atoms with Gasteiger partial charge in [-0.15, -0.1) is 0 Å². The number of likely N-dealkylation sites (tertiary alicyclic amines) is 1. The first kappa shape index (κ1) is 12.9. The SMILES string of the molecule is O=c1ccc(C[C@@H]2CCN(C3CCOCC3)C2)c[nH]1. The van der Waals surface area contributed by atoms with E-state index in [2.05, 4.69) is 9.88 Å². The Hall–Kier alpha value is -1.13. The van der Waals surface area contributed by atoms with Crippen molar-refractivity contribution >= 4 is 0 Å². The molecule has 3 heterocycles. The molecule has 104 valence electrons. The van der Waals surface area contributed by atoms with Crippen LogP contribution in [0.1, 0.15) is 24.8 Å². The number of ether oxygens (including phenoxy) is 1.